The lowest BCUT2D eigenvalue weighted by Crippen LogP contribution is -2.28. The third-order valence-electron chi connectivity index (χ3n) is 4.03. The number of hydrogen-bond donors (Lipinski definition) is 1. The number of nitriles is 1. The lowest BCUT2D eigenvalue weighted by atomic mass is 9.71. The van der Waals surface area contributed by atoms with E-state index >= 15 is 0 Å². The third kappa shape index (κ3) is 3.34. The molecule has 1 aromatic rings. The molecule has 1 aromatic heterocycles. The van der Waals surface area contributed by atoms with Crippen LogP contribution in [-0.2, 0) is 0 Å². The van der Waals surface area contributed by atoms with Crippen LogP contribution in [0, 0.1) is 16.7 Å². The molecule has 1 aliphatic rings. The molecular weight excluding hydrogens is 304 g/mol. The van der Waals surface area contributed by atoms with Gasteiger partial charge in [-0.05, 0) is 34.8 Å². The molecule has 0 saturated heterocycles. The minimum atomic E-state index is -0.749. The summed E-state index contributed by atoms with van der Waals surface area (Å²) in [4.78, 5) is 4.09. The maximum atomic E-state index is 10.7. The van der Waals surface area contributed by atoms with Gasteiger partial charge in [0.1, 0.15) is 0 Å². The van der Waals surface area contributed by atoms with Crippen molar-refractivity contribution in [3.63, 3.8) is 0 Å². The van der Waals surface area contributed by atoms with E-state index < -0.39 is 11.5 Å². The van der Waals surface area contributed by atoms with Crippen LogP contribution in [0.25, 0.3) is 0 Å². The van der Waals surface area contributed by atoms with Gasteiger partial charge in [-0.15, -0.1) is 0 Å². The zero-order valence-electron chi connectivity index (χ0n) is 11.0. The van der Waals surface area contributed by atoms with E-state index in [0.29, 0.717) is 0 Å². The number of aliphatic hydroxyl groups is 1. The average Bonchev–Trinajstić information content (AvgIpc) is 2.39. The highest BCUT2D eigenvalue weighted by Crippen LogP contribution is 2.44. The van der Waals surface area contributed by atoms with Crippen LogP contribution in [0.3, 0.4) is 0 Å². The number of aliphatic hydroxyl groups excluding tert-OH is 1. The largest absolute Gasteiger partial charge is 0.387 e. The second-order valence-corrected chi connectivity index (χ2v) is 6.29. The van der Waals surface area contributed by atoms with Gasteiger partial charge in [0.2, 0.25) is 0 Å². The smallest absolute Gasteiger partial charge is 0.0991 e. The maximum Gasteiger partial charge on any atom is 0.0991 e. The van der Waals surface area contributed by atoms with Gasteiger partial charge in [0.15, 0.2) is 0 Å². The summed E-state index contributed by atoms with van der Waals surface area (Å²) in [7, 11) is 0. The zero-order valence-corrected chi connectivity index (χ0v) is 12.6. The highest BCUT2D eigenvalue weighted by Gasteiger charge is 2.39. The van der Waals surface area contributed by atoms with Crippen molar-refractivity contribution < 1.29 is 5.11 Å². The molecule has 19 heavy (non-hydrogen) atoms. The quantitative estimate of drug-likeness (QED) is 0.890. The number of hydrogen-bond acceptors (Lipinski definition) is 3. The highest BCUT2D eigenvalue weighted by molar-refractivity contribution is 9.10. The first kappa shape index (κ1) is 14.5. The molecule has 2 rings (SSSR count). The van der Waals surface area contributed by atoms with Gasteiger partial charge >= 0.3 is 0 Å². The third-order valence-corrected chi connectivity index (χ3v) is 4.47. The Hall–Kier alpha value is -0.920. The summed E-state index contributed by atoms with van der Waals surface area (Å²) in [6.07, 6.45) is 9.75. The van der Waals surface area contributed by atoms with E-state index in [0.717, 1.165) is 48.6 Å². The summed E-state index contributed by atoms with van der Waals surface area (Å²) in [5.74, 6) is 0. The number of aromatic nitrogens is 1. The molecule has 0 aliphatic heterocycles. The van der Waals surface area contributed by atoms with Crippen LogP contribution in [0.4, 0.5) is 0 Å². The fraction of sp³-hybridized carbons (Fsp3) is 0.600. The molecule has 0 amide bonds. The fourth-order valence-electron chi connectivity index (χ4n) is 2.88. The summed E-state index contributed by atoms with van der Waals surface area (Å²) in [5.41, 5.74) is 0.0830. The molecule has 1 heterocycles. The summed E-state index contributed by atoms with van der Waals surface area (Å²) in [6, 6.07) is 4.27. The first-order valence-corrected chi connectivity index (χ1v) is 7.67. The summed E-state index contributed by atoms with van der Waals surface area (Å²) in [5, 5.41) is 20.3. The second-order valence-electron chi connectivity index (χ2n) is 5.37. The number of halogens is 1. The van der Waals surface area contributed by atoms with E-state index in [1.807, 2.05) is 6.07 Å². The Morgan fingerprint density at radius 1 is 1.21 bits per heavy atom. The summed E-state index contributed by atoms with van der Waals surface area (Å²) < 4.78 is 0.836. The molecule has 102 valence electrons. The topological polar surface area (TPSA) is 56.9 Å². The standard InChI is InChI=1S/C15H19BrN2O/c16-13-8-12(9-18-10-13)14(19)15(11-17)6-4-2-1-3-5-7-15/h8-10,14,19H,1-7H2. The Kier molecular flexibility index (Phi) is 4.95. The SMILES string of the molecule is N#CC1(C(O)c2cncc(Br)c2)CCCCCCC1. The van der Waals surface area contributed by atoms with Gasteiger partial charge in [0, 0.05) is 22.4 Å². The molecule has 1 unspecified atom stereocenters. The Balaban J connectivity index is 2.26. The van der Waals surface area contributed by atoms with Crippen LogP contribution in [-0.4, -0.2) is 10.1 Å². The number of pyridine rings is 1. The van der Waals surface area contributed by atoms with Crippen molar-refractivity contribution in [2.75, 3.05) is 0 Å². The molecule has 1 N–H and O–H groups in total. The van der Waals surface area contributed by atoms with Gasteiger partial charge in [-0.25, -0.2) is 0 Å². The van der Waals surface area contributed by atoms with Crippen molar-refractivity contribution in [2.24, 2.45) is 5.41 Å². The van der Waals surface area contributed by atoms with E-state index in [2.05, 4.69) is 27.0 Å². The molecule has 0 bridgehead atoms. The van der Waals surface area contributed by atoms with Crippen molar-refractivity contribution in [1.29, 1.82) is 5.26 Å². The first-order chi connectivity index (χ1) is 9.18. The maximum absolute atomic E-state index is 10.7. The minimum absolute atomic E-state index is 0.650. The first-order valence-electron chi connectivity index (χ1n) is 6.88. The van der Waals surface area contributed by atoms with Crippen molar-refractivity contribution in [3.8, 4) is 6.07 Å². The van der Waals surface area contributed by atoms with Crippen molar-refractivity contribution in [2.45, 2.75) is 51.0 Å². The highest BCUT2D eigenvalue weighted by atomic mass is 79.9. The van der Waals surface area contributed by atoms with E-state index in [1.54, 1.807) is 12.4 Å². The lowest BCUT2D eigenvalue weighted by Gasteiger charge is -2.33. The Morgan fingerprint density at radius 2 is 1.84 bits per heavy atom. The Morgan fingerprint density at radius 3 is 2.42 bits per heavy atom. The lowest BCUT2D eigenvalue weighted by molar-refractivity contribution is 0.0431. The molecule has 0 aromatic carbocycles. The van der Waals surface area contributed by atoms with Crippen molar-refractivity contribution in [3.05, 3.63) is 28.5 Å². The molecule has 4 heteroatoms. The molecule has 1 fully saturated rings. The van der Waals surface area contributed by atoms with Crippen LogP contribution in [0.1, 0.15) is 56.6 Å². The van der Waals surface area contributed by atoms with Gasteiger partial charge in [0.05, 0.1) is 17.6 Å². The van der Waals surface area contributed by atoms with Crippen LogP contribution < -0.4 is 0 Å². The molecule has 3 nitrogen and oxygen atoms in total. The molecule has 1 atom stereocenters. The van der Waals surface area contributed by atoms with Gasteiger partial charge in [-0.1, -0.05) is 32.1 Å². The van der Waals surface area contributed by atoms with E-state index in [4.69, 9.17) is 0 Å². The average molecular weight is 323 g/mol. The van der Waals surface area contributed by atoms with Gasteiger partial charge < -0.3 is 5.11 Å². The zero-order chi connectivity index (χ0) is 13.7. The fourth-order valence-corrected chi connectivity index (χ4v) is 3.26. The summed E-state index contributed by atoms with van der Waals surface area (Å²) >= 11 is 3.37. The molecular formula is C15H19BrN2O. The molecule has 0 spiro atoms. The minimum Gasteiger partial charge on any atom is -0.387 e. The monoisotopic (exact) mass is 322 g/mol. The van der Waals surface area contributed by atoms with E-state index in [1.165, 1.54) is 6.42 Å². The van der Waals surface area contributed by atoms with Crippen LogP contribution in [0.2, 0.25) is 0 Å². The second kappa shape index (κ2) is 6.49. The molecule has 1 aliphatic carbocycles. The van der Waals surface area contributed by atoms with E-state index in [9.17, 15) is 10.4 Å². The van der Waals surface area contributed by atoms with Gasteiger partial charge in [0.25, 0.3) is 0 Å². The molecule has 1 saturated carbocycles. The number of nitrogens with zero attached hydrogens (tertiary/aromatic N) is 2. The van der Waals surface area contributed by atoms with Crippen LogP contribution in [0.15, 0.2) is 22.9 Å². The van der Waals surface area contributed by atoms with Gasteiger partial charge in [-0.2, -0.15) is 5.26 Å². The normalized spacial score (nSPS) is 20.9. The Bertz CT molecular complexity index is 461. The van der Waals surface area contributed by atoms with Crippen LogP contribution >= 0.6 is 15.9 Å². The van der Waals surface area contributed by atoms with Crippen molar-refractivity contribution >= 4 is 15.9 Å². The van der Waals surface area contributed by atoms with Gasteiger partial charge in [-0.3, -0.25) is 4.98 Å². The predicted octanol–water partition coefficient (Wildman–Crippen LogP) is 4.13. The van der Waals surface area contributed by atoms with Crippen LogP contribution in [0.5, 0.6) is 0 Å². The Labute approximate surface area is 122 Å². The number of rotatable bonds is 2. The predicted molar refractivity (Wildman–Crippen MR) is 77.3 cm³/mol. The molecule has 0 radical (unpaired) electrons. The van der Waals surface area contributed by atoms with E-state index in [-0.39, 0.29) is 0 Å². The summed E-state index contributed by atoms with van der Waals surface area (Å²) in [6.45, 7) is 0. The van der Waals surface area contributed by atoms with Crippen molar-refractivity contribution in [1.82, 2.24) is 4.98 Å².